The molecule has 0 atom stereocenters. The molecule has 53 heavy (non-hydrogen) atoms. The van der Waals surface area contributed by atoms with Gasteiger partial charge in [-0.15, -0.1) is 0 Å². The van der Waals surface area contributed by atoms with E-state index in [4.69, 9.17) is 18.9 Å². The largest absolute Gasteiger partial charge is 0.457 e. The van der Waals surface area contributed by atoms with Gasteiger partial charge in [0, 0.05) is 40.0 Å². The number of halogens is 2. The molecule has 0 unspecified atom stereocenters. The summed E-state index contributed by atoms with van der Waals surface area (Å²) in [5, 5.41) is 0. The second-order valence-corrected chi connectivity index (χ2v) is 11.1. The van der Waals surface area contributed by atoms with Crippen LogP contribution in [0, 0.1) is 35.3 Å². The van der Waals surface area contributed by atoms with E-state index in [2.05, 4.69) is 43.4 Å². The molecular weight excluding hydrogens is 682 g/mol. The number of rotatable bonds is 10. The van der Waals surface area contributed by atoms with E-state index in [9.17, 15) is 19.2 Å². The van der Waals surface area contributed by atoms with Crippen LogP contribution in [0.5, 0.6) is 11.5 Å². The molecule has 8 nitrogen and oxygen atoms in total. The van der Waals surface area contributed by atoms with Crippen LogP contribution in [0.2, 0.25) is 0 Å². The average Bonchev–Trinajstić information content (AvgIpc) is 3.16. The van der Waals surface area contributed by atoms with Crippen molar-refractivity contribution in [2.75, 3.05) is 0 Å². The highest BCUT2D eigenvalue weighted by molar-refractivity contribution is 5.92. The third-order valence-corrected chi connectivity index (χ3v) is 6.88. The van der Waals surface area contributed by atoms with Gasteiger partial charge in [-0.2, -0.15) is 4.39 Å². The minimum absolute atomic E-state index is 0.00398. The standard InChI is InChI=1S/C43H30F2O8/c1-6-37(46)52-36-25-35(22-19-30-13-15-33(16-14-30)26-51-42(48)28(4)5)38(44)39(45)40(36)53-43(49)34-20-17-31(18-21-34)8-7-29-9-11-32(12-10-29)23-24-50-41(47)27(2)3/h6,9-18,20-21,23-25H,1-2,4,26H2,3,5H3. The summed E-state index contributed by atoms with van der Waals surface area (Å²) in [6.45, 7) is 13.4. The lowest BCUT2D eigenvalue weighted by molar-refractivity contribution is -0.140. The van der Waals surface area contributed by atoms with Gasteiger partial charge >= 0.3 is 23.9 Å². The highest BCUT2D eigenvalue weighted by atomic mass is 19.2. The Kier molecular flexibility index (Phi) is 13.1. The maximum absolute atomic E-state index is 15.4. The molecule has 10 heteroatoms. The zero-order valence-corrected chi connectivity index (χ0v) is 28.6. The van der Waals surface area contributed by atoms with Gasteiger partial charge in [-0.25, -0.2) is 23.6 Å². The van der Waals surface area contributed by atoms with Gasteiger partial charge in [0.05, 0.1) is 17.4 Å². The van der Waals surface area contributed by atoms with Crippen molar-refractivity contribution >= 4 is 30.0 Å². The molecular formula is C43H30F2O8. The van der Waals surface area contributed by atoms with Gasteiger partial charge in [-0.1, -0.05) is 67.7 Å². The van der Waals surface area contributed by atoms with E-state index < -0.39 is 52.6 Å². The normalized spacial score (nSPS) is 10.1. The van der Waals surface area contributed by atoms with Crippen molar-refractivity contribution in [1.29, 1.82) is 0 Å². The zero-order chi connectivity index (χ0) is 38.5. The predicted molar refractivity (Wildman–Crippen MR) is 193 cm³/mol. The van der Waals surface area contributed by atoms with Gasteiger partial charge < -0.3 is 18.9 Å². The lowest BCUT2D eigenvalue weighted by Crippen LogP contribution is -2.13. The van der Waals surface area contributed by atoms with E-state index in [1.54, 1.807) is 61.5 Å². The van der Waals surface area contributed by atoms with E-state index in [1.165, 1.54) is 37.5 Å². The Labute approximate surface area is 304 Å². The molecule has 0 saturated carbocycles. The fourth-order valence-corrected chi connectivity index (χ4v) is 4.03. The van der Waals surface area contributed by atoms with E-state index >= 15 is 8.78 Å². The fourth-order valence-electron chi connectivity index (χ4n) is 4.03. The summed E-state index contributed by atoms with van der Waals surface area (Å²) < 4.78 is 50.9. The number of carbonyl (C=O) groups excluding carboxylic acids is 4. The first kappa shape index (κ1) is 38.5. The van der Waals surface area contributed by atoms with Crippen LogP contribution in [0.1, 0.15) is 57.6 Å². The summed E-state index contributed by atoms with van der Waals surface area (Å²) in [4.78, 5) is 48.1. The second-order valence-electron chi connectivity index (χ2n) is 11.1. The number of hydrogen-bond acceptors (Lipinski definition) is 8. The third-order valence-electron chi connectivity index (χ3n) is 6.88. The Balaban J connectivity index is 1.48. The van der Waals surface area contributed by atoms with E-state index in [1.807, 2.05) is 0 Å². The molecule has 0 aromatic heterocycles. The summed E-state index contributed by atoms with van der Waals surface area (Å²) in [6.07, 6.45) is 3.68. The molecule has 4 aromatic rings. The minimum Gasteiger partial charge on any atom is -0.457 e. The third kappa shape index (κ3) is 11.1. The molecule has 0 aliphatic rings. The highest BCUT2D eigenvalue weighted by Gasteiger charge is 2.25. The first-order valence-corrected chi connectivity index (χ1v) is 15.6. The molecule has 0 N–H and O–H groups in total. The van der Waals surface area contributed by atoms with Crippen LogP contribution >= 0.6 is 0 Å². The molecule has 4 rings (SSSR count). The number of carbonyl (C=O) groups is 4. The zero-order valence-electron chi connectivity index (χ0n) is 28.6. The summed E-state index contributed by atoms with van der Waals surface area (Å²) in [5.74, 6) is 3.36. The van der Waals surface area contributed by atoms with Crippen LogP contribution in [0.3, 0.4) is 0 Å². The summed E-state index contributed by atoms with van der Waals surface area (Å²) in [5.41, 5.74) is 3.12. The van der Waals surface area contributed by atoms with E-state index in [-0.39, 0.29) is 23.3 Å². The lowest BCUT2D eigenvalue weighted by Gasteiger charge is -2.12. The molecule has 0 heterocycles. The molecule has 0 amide bonds. The molecule has 0 bridgehead atoms. The Morgan fingerprint density at radius 2 is 1.26 bits per heavy atom. The van der Waals surface area contributed by atoms with Crippen LogP contribution in [0.15, 0.2) is 122 Å². The summed E-state index contributed by atoms with van der Waals surface area (Å²) in [6, 6.07) is 20.3. The van der Waals surface area contributed by atoms with Crippen molar-refractivity contribution < 1.29 is 46.9 Å². The number of hydrogen-bond donors (Lipinski definition) is 0. The molecule has 0 spiro atoms. The summed E-state index contributed by atoms with van der Waals surface area (Å²) >= 11 is 0. The number of esters is 4. The van der Waals surface area contributed by atoms with Crippen molar-refractivity contribution in [3.8, 4) is 35.2 Å². The molecule has 0 aliphatic heterocycles. The molecule has 0 aliphatic carbocycles. The minimum atomic E-state index is -1.61. The van der Waals surface area contributed by atoms with Gasteiger partial charge in [0.1, 0.15) is 6.61 Å². The van der Waals surface area contributed by atoms with Gasteiger partial charge in [0.25, 0.3) is 0 Å². The van der Waals surface area contributed by atoms with Crippen LogP contribution in [0.4, 0.5) is 8.78 Å². The van der Waals surface area contributed by atoms with Crippen molar-refractivity contribution in [2.24, 2.45) is 0 Å². The molecule has 264 valence electrons. The fraction of sp³-hybridized carbons (Fsp3) is 0.0698. The maximum Gasteiger partial charge on any atom is 0.343 e. The lowest BCUT2D eigenvalue weighted by atomic mass is 10.1. The van der Waals surface area contributed by atoms with Crippen LogP contribution in [-0.4, -0.2) is 23.9 Å². The molecule has 4 aromatic carbocycles. The quantitative estimate of drug-likeness (QED) is 0.0540. The molecule has 0 saturated heterocycles. The van der Waals surface area contributed by atoms with Gasteiger partial charge in [-0.05, 0) is 79.6 Å². The van der Waals surface area contributed by atoms with Crippen molar-refractivity contribution in [3.05, 3.63) is 173 Å². The Hall–Kier alpha value is -7.30. The van der Waals surface area contributed by atoms with Crippen molar-refractivity contribution in [3.63, 3.8) is 0 Å². The van der Waals surface area contributed by atoms with E-state index in [0.29, 0.717) is 22.3 Å². The van der Waals surface area contributed by atoms with Crippen LogP contribution < -0.4 is 9.47 Å². The smallest absolute Gasteiger partial charge is 0.343 e. The number of benzene rings is 4. The van der Waals surface area contributed by atoms with Gasteiger partial charge in [0.15, 0.2) is 11.6 Å². The van der Waals surface area contributed by atoms with Crippen LogP contribution in [0.25, 0.3) is 6.08 Å². The SMILES string of the molecule is C=CC(=O)Oc1cc(C#Cc2ccc(COC(=O)C(=C)C)cc2)c(F)c(F)c1OC(=O)c1ccc(C#Cc2ccc(C=COC(=O)C(=C)C)cc2)cc1. The Morgan fingerprint density at radius 1 is 0.717 bits per heavy atom. The first-order chi connectivity index (χ1) is 25.3. The molecule has 0 radical (unpaired) electrons. The Morgan fingerprint density at radius 3 is 1.83 bits per heavy atom. The monoisotopic (exact) mass is 712 g/mol. The number of ether oxygens (including phenoxy) is 4. The van der Waals surface area contributed by atoms with E-state index in [0.717, 1.165) is 17.7 Å². The maximum atomic E-state index is 15.4. The van der Waals surface area contributed by atoms with Crippen molar-refractivity contribution in [2.45, 2.75) is 20.5 Å². The topological polar surface area (TPSA) is 105 Å². The molecule has 0 fully saturated rings. The van der Waals surface area contributed by atoms with Gasteiger partial charge in [-0.3, -0.25) is 0 Å². The highest BCUT2D eigenvalue weighted by Crippen LogP contribution is 2.35. The predicted octanol–water partition coefficient (Wildman–Crippen LogP) is 7.78. The Bertz CT molecular complexity index is 2260. The van der Waals surface area contributed by atoms with Gasteiger partial charge in [0.2, 0.25) is 11.6 Å². The summed E-state index contributed by atoms with van der Waals surface area (Å²) in [7, 11) is 0. The van der Waals surface area contributed by atoms with Crippen LogP contribution in [-0.2, 0) is 30.5 Å². The van der Waals surface area contributed by atoms with Crippen molar-refractivity contribution in [1.82, 2.24) is 0 Å². The average molecular weight is 713 g/mol. The second kappa shape index (κ2) is 18.1. The first-order valence-electron chi connectivity index (χ1n) is 15.6.